The monoisotopic (exact) mass is 193 g/mol. The molecule has 1 aromatic heterocycles. The number of aromatic nitrogens is 2. The fourth-order valence-electron chi connectivity index (χ4n) is 1.31. The standard InChI is InChI=1S/C11H19N3/c1-5-10(12)6-11-13-8(3)7(2)9(4)14-11/h10H,5-6,12H2,1-4H3. The van der Waals surface area contributed by atoms with Gasteiger partial charge in [-0.25, -0.2) is 9.97 Å². The molecule has 0 aliphatic heterocycles. The molecule has 1 aromatic rings. The van der Waals surface area contributed by atoms with Gasteiger partial charge in [0.25, 0.3) is 0 Å². The van der Waals surface area contributed by atoms with E-state index in [-0.39, 0.29) is 6.04 Å². The van der Waals surface area contributed by atoms with Crippen LogP contribution < -0.4 is 5.73 Å². The highest BCUT2D eigenvalue weighted by Crippen LogP contribution is 2.09. The van der Waals surface area contributed by atoms with E-state index in [0.717, 1.165) is 30.1 Å². The molecule has 3 heteroatoms. The summed E-state index contributed by atoms with van der Waals surface area (Å²) in [7, 11) is 0. The summed E-state index contributed by atoms with van der Waals surface area (Å²) in [5.74, 6) is 0.875. The summed E-state index contributed by atoms with van der Waals surface area (Å²) < 4.78 is 0. The maximum Gasteiger partial charge on any atom is 0.130 e. The van der Waals surface area contributed by atoms with Crippen LogP contribution in [0.3, 0.4) is 0 Å². The average molecular weight is 193 g/mol. The second-order valence-electron chi connectivity index (χ2n) is 3.81. The van der Waals surface area contributed by atoms with Crippen molar-refractivity contribution < 1.29 is 0 Å². The van der Waals surface area contributed by atoms with Gasteiger partial charge in [-0.3, -0.25) is 0 Å². The van der Waals surface area contributed by atoms with E-state index in [4.69, 9.17) is 5.73 Å². The van der Waals surface area contributed by atoms with E-state index in [1.54, 1.807) is 0 Å². The molecule has 0 spiro atoms. The van der Waals surface area contributed by atoms with Crippen molar-refractivity contribution in [2.75, 3.05) is 0 Å². The number of nitrogens with two attached hydrogens (primary N) is 1. The second kappa shape index (κ2) is 4.51. The van der Waals surface area contributed by atoms with E-state index in [1.807, 2.05) is 20.8 Å². The first kappa shape index (κ1) is 11.1. The van der Waals surface area contributed by atoms with Crippen molar-refractivity contribution in [2.24, 2.45) is 5.73 Å². The highest BCUT2D eigenvalue weighted by molar-refractivity contribution is 5.22. The minimum Gasteiger partial charge on any atom is -0.327 e. The zero-order valence-electron chi connectivity index (χ0n) is 9.46. The zero-order valence-corrected chi connectivity index (χ0v) is 9.46. The van der Waals surface area contributed by atoms with Gasteiger partial charge in [-0.1, -0.05) is 6.92 Å². The molecule has 0 aliphatic rings. The predicted octanol–water partition coefficient (Wildman–Crippen LogP) is 1.68. The molecule has 0 fully saturated rings. The normalized spacial score (nSPS) is 12.9. The molecule has 3 nitrogen and oxygen atoms in total. The highest BCUT2D eigenvalue weighted by Gasteiger charge is 2.07. The van der Waals surface area contributed by atoms with Crippen LogP contribution in [0.4, 0.5) is 0 Å². The van der Waals surface area contributed by atoms with Gasteiger partial charge in [0.15, 0.2) is 0 Å². The number of aryl methyl sites for hydroxylation is 2. The number of hydrogen-bond acceptors (Lipinski definition) is 3. The number of hydrogen-bond donors (Lipinski definition) is 1. The zero-order chi connectivity index (χ0) is 10.7. The topological polar surface area (TPSA) is 51.8 Å². The molecule has 2 N–H and O–H groups in total. The molecular formula is C11H19N3. The van der Waals surface area contributed by atoms with E-state index >= 15 is 0 Å². The van der Waals surface area contributed by atoms with Crippen molar-refractivity contribution in [2.45, 2.75) is 46.6 Å². The van der Waals surface area contributed by atoms with Gasteiger partial charge in [0.2, 0.25) is 0 Å². The van der Waals surface area contributed by atoms with E-state index in [9.17, 15) is 0 Å². The lowest BCUT2D eigenvalue weighted by molar-refractivity contribution is 0.620. The SMILES string of the molecule is CCC(N)Cc1nc(C)c(C)c(C)n1. The van der Waals surface area contributed by atoms with Crippen molar-refractivity contribution >= 4 is 0 Å². The van der Waals surface area contributed by atoms with Gasteiger partial charge in [-0.2, -0.15) is 0 Å². The molecule has 0 saturated heterocycles. The minimum atomic E-state index is 0.177. The van der Waals surface area contributed by atoms with Crippen LogP contribution in [-0.2, 0) is 6.42 Å². The molecular weight excluding hydrogens is 174 g/mol. The fourth-order valence-corrected chi connectivity index (χ4v) is 1.31. The van der Waals surface area contributed by atoms with Crippen molar-refractivity contribution in [1.29, 1.82) is 0 Å². The molecule has 1 rings (SSSR count). The Morgan fingerprint density at radius 3 is 2.07 bits per heavy atom. The van der Waals surface area contributed by atoms with Gasteiger partial charge < -0.3 is 5.73 Å². The van der Waals surface area contributed by atoms with E-state index < -0.39 is 0 Å². The highest BCUT2D eigenvalue weighted by atomic mass is 14.9. The van der Waals surface area contributed by atoms with Crippen LogP contribution in [0.15, 0.2) is 0 Å². The molecule has 0 amide bonds. The Balaban J connectivity index is 2.89. The van der Waals surface area contributed by atoms with Crippen molar-refractivity contribution in [1.82, 2.24) is 9.97 Å². The summed E-state index contributed by atoms with van der Waals surface area (Å²) in [4.78, 5) is 8.86. The minimum absolute atomic E-state index is 0.177. The van der Waals surface area contributed by atoms with Gasteiger partial charge >= 0.3 is 0 Å². The Bertz CT molecular complexity index is 297. The lowest BCUT2D eigenvalue weighted by Gasteiger charge is -2.10. The Labute approximate surface area is 85.8 Å². The third kappa shape index (κ3) is 2.51. The summed E-state index contributed by atoms with van der Waals surface area (Å²) in [6.45, 7) is 8.17. The van der Waals surface area contributed by atoms with E-state index in [0.29, 0.717) is 0 Å². The van der Waals surface area contributed by atoms with Crippen LogP contribution >= 0.6 is 0 Å². The van der Waals surface area contributed by atoms with Gasteiger partial charge in [0.1, 0.15) is 5.82 Å². The van der Waals surface area contributed by atoms with Crippen LogP contribution in [0.1, 0.15) is 36.1 Å². The molecule has 14 heavy (non-hydrogen) atoms. The molecule has 0 aliphatic carbocycles. The van der Waals surface area contributed by atoms with Gasteiger partial charge in [-0.05, 0) is 32.8 Å². The Morgan fingerprint density at radius 1 is 1.14 bits per heavy atom. The first-order chi connectivity index (χ1) is 6.54. The third-order valence-electron chi connectivity index (χ3n) is 2.65. The average Bonchev–Trinajstić information content (AvgIpc) is 2.14. The third-order valence-corrected chi connectivity index (χ3v) is 2.65. The largest absolute Gasteiger partial charge is 0.327 e. The molecule has 0 saturated carbocycles. The van der Waals surface area contributed by atoms with Crippen LogP contribution in [0, 0.1) is 20.8 Å². The van der Waals surface area contributed by atoms with Crippen LogP contribution in [0.5, 0.6) is 0 Å². The lowest BCUT2D eigenvalue weighted by Crippen LogP contribution is -2.23. The number of rotatable bonds is 3. The molecule has 0 aromatic carbocycles. The Hall–Kier alpha value is -0.960. The molecule has 1 unspecified atom stereocenters. The maximum atomic E-state index is 5.86. The summed E-state index contributed by atoms with van der Waals surface area (Å²) in [6, 6.07) is 0.177. The summed E-state index contributed by atoms with van der Waals surface area (Å²) >= 11 is 0. The molecule has 0 radical (unpaired) electrons. The van der Waals surface area contributed by atoms with Gasteiger partial charge in [-0.15, -0.1) is 0 Å². The van der Waals surface area contributed by atoms with Gasteiger partial charge in [0.05, 0.1) is 0 Å². The summed E-state index contributed by atoms with van der Waals surface area (Å²) in [5, 5.41) is 0. The predicted molar refractivity (Wildman–Crippen MR) is 58.2 cm³/mol. The van der Waals surface area contributed by atoms with Crippen LogP contribution in [0.25, 0.3) is 0 Å². The maximum absolute atomic E-state index is 5.86. The van der Waals surface area contributed by atoms with Crippen LogP contribution in [0.2, 0.25) is 0 Å². The fraction of sp³-hybridized carbons (Fsp3) is 0.636. The lowest BCUT2D eigenvalue weighted by atomic mass is 10.1. The van der Waals surface area contributed by atoms with Crippen molar-refractivity contribution in [3.05, 3.63) is 22.8 Å². The molecule has 1 heterocycles. The first-order valence-electron chi connectivity index (χ1n) is 5.10. The Kier molecular flexibility index (Phi) is 3.58. The van der Waals surface area contributed by atoms with E-state index in [1.165, 1.54) is 5.56 Å². The van der Waals surface area contributed by atoms with Gasteiger partial charge in [0, 0.05) is 23.9 Å². The second-order valence-corrected chi connectivity index (χ2v) is 3.81. The molecule has 0 bridgehead atoms. The number of nitrogens with zero attached hydrogens (tertiary/aromatic N) is 2. The van der Waals surface area contributed by atoms with Crippen molar-refractivity contribution in [3.63, 3.8) is 0 Å². The quantitative estimate of drug-likeness (QED) is 0.794. The Morgan fingerprint density at radius 2 is 1.64 bits per heavy atom. The first-order valence-corrected chi connectivity index (χ1v) is 5.10. The molecule has 78 valence electrons. The smallest absolute Gasteiger partial charge is 0.130 e. The molecule has 1 atom stereocenters. The van der Waals surface area contributed by atoms with Crippen LogP contribution in [-0.4, -0.2) is 16.0 Å². The van der Waals surface area contributed by atoms with E-state index in [2.05, 4.69) is 16.9 Å². The van der Waals surface area contributed by atoms with Crippen molar-refractivity contribution in [3.8, 4) is 0 Å². The summed E-state index contributed by atoms with van der Waals surface area (Å²) in [6.07, 6.45) is 1.74. The summed E-state index contributed by atoms with van der Waals surface area (Å²) in [5.41, 5.74) is 9.17.